The minimum absolute atomic E-state index is 0.470. The first-order valence-corrected chi connectivity index (χ1v) is 4.59. The summed E-state index contributed by atoms with van der Waals surface area (Å²) >= 11 is 0. The van der Waals surface area contributed by atoms with Crippen molar-refractivity contribution < 1.29 is 4.74 Å². The van der Waals surface area contributed by atoms with E-state index in [0.717, 1.165) is 12.5 Å². The fourth-order valence-electron chi connectivity index (χ4n) is 1.91. The van der Waals surface area contributed by atoms with E-state index in [9.17, 15) is 0 Å². The van der Waals surface area contributed by atoms with Crippen LogP contribution in [0.5, 0.6) is 0 Å². The van der Waals surface area contributed by atoms with Gasteiger partial charge in [0.05, 0.1) is 6.10 Å². The van der Waals surface area contributed by atoms with Gasteiger partial charge in [0.2, 0.25) is 0 Å². The van der Waals surface area contributed by atoms with E-state index in [1.165, 1.54) is 12.8 Å². The molecule has 1 aliphatic heterocycles. The van der Waals surface area contributed by atoms with E-state index in [0.29, 0.717) is 11.5 Å². The third-order valence-electron chi connectivity index (χ3n) is 2.18. The molecule has 1 nitrogen and oxygen atoms in total. The van der Waals surface area contributed by atoms with Crippen molar-refractivity contribution in [2.75, 3.05) is 6.61 Å². The first-order valence-electron chi connectivity index (χ1n) is 4.59. The van der Waals surface area contributed by atoms with E-state index in [1.807, 2.05) is 0 Å². The van der Waals surface area contributed by atoms with E-state index < -0.39 is 0 Å². The van der Waals surface area contributed by atoms with Crippen molar-refractivity contribution in [2.24, 2.45) is 11.3 Å². The van der Waals surface area contributed by atoms with Crippen LogP contribution in [-0.4, -0.2) is 12.7 Å². The van der Waals surface area contributed by atoms with Gasteiger partial charge in [-0.05, 0) is 31.1 Å². The quantitative estimate of drug-likeness (QED) is 0.567. The Morgan fingerprint density at radius 2 is 2.00 bits per heavy atom. The van der Waals surface area contributed by atoms with Gasteiger partial charge in [-0.15, -0.1) is 0 Å². The van der Waals surface area contributed by atoms with Crippen molar-refractivity contribution >= 4 is 0 Å². The molecule has 0 radical (unpaired) electrons. The number of ether oxygens (including phenoxy) is 1. The smallest absolute Gasteiger partial charge is 0.0550 e. The van der Waals surface area contributed by atoms with E-state index in [1.54, 1.807) is 0 Å². The predicted octanol–water partition coefficient (Wildman–Crippen LogP) is 2.85. The van der Waals surface area contributed by atoms with Gasteiger partial charge in [-0.25, -0.2) is 0 Å². The zero-order valence-corrected chi connectivity index (χ0v) is 8.18. The topological polar surface area (TPSA) is 9.23 Å². The molecule has 0 aromatic heterocycles. The molecule has 2 atom stereocenters. The van der Waals surface area contributed by atoms with Crippen molar-refractivity contribution in [1.82, 2.24) is 0 Å². The molecule has 0 saturated carbocycles. The predicted molar refractivity (Wildman–Crippen MR) is 47.6 cm³/mol. The molecule has 0 bridgehead atoms. The minimum Gasteiger partial charge on any atom is -0.378 e. The lowest BCUT2D eigenvalue weighted by molar-refractivity contribution is 0.116. The maximum absolute atomic E-state index is 5.51. The van der Waals surface area contributed by atoms with Crippen LogP contribution in [0.25, 0.3) is 0 Å². The third-order valence-corrected chi connectivity index (χ3v) is 2.18. The molecule has 0 spiro atoms. The van der Waals surface area contributed by atoms with Crippen molar-refractivity contribution in [3.63, 3.8) is 0 Å². The molecule has 11 heavy (non-hydrogen) atoms. The van der Waals surface area contributed by atoms with Crippen LogP contribution in [0.4, 0.5) is 0 Å². The molecular formula is C10H20O. The van der Waals surface area contributed by atoms with E-state index in [4.69, 9.17) is 4.74 Å². The lowest BCUT2D eigenvalue weighted by Crippen LogP contribution is -2.13. The molecule has 1 heterocycles. The Morgan fingerprint density at radius 1 is 1.36 bits per heavy atom. The molecule has 0 aliphatic carbocycles. The SMILES string of the molecule is C[C@@H]1C[C@@H](CC(C)(C)C)CO1. The Bertz CT molecular complexity index is 123. The molecule has 1 aliphatic rings. The minimum atomic E-state index is 0.470. The first-order chi connectivity index (χ1) is 4.97. The van der Waals surface area contributed by atoms with Crippen LogP contribution in [0.3, 0.4) is 0 Å². The summed E-state index contributed by atoms with van der Waals surface area (Å²) in [7, 11) is 0. The molecule has 0 aromatic carbocycles. The lowest BCUT2D eigenvalue weighted by Gasteiger charge is -2.21. The summed E-state index contributed by atoms with van der Waals surface area (Å²) < 4.78 is 5.51. The Balaban J connectivity index is 2.29. The van der Waals surface area contributed by atoms with Gasteiger partial charge < -0.3 is 4.74 Å². The fourth-order valence-corrected chi connectivity index (χ4v) is 1.91. The summed E-state index contributed by atoms with van der Waals surface area (Å²) in [6.07, 6.45) is 3.07. The van der Waals surface area contributed by atoms with Crippen molar-refractivity contribution in [1.29, 1.82) is 0 Å². The van der Waals surface area contributed by atoms with Crippen LogP contribution in [0.15, 0.2) is 0 Å². The van der Waals surface area contributed by atoms with E-state index in [-0.39, 0.29) is 0 Å². The van der Waals surface area contributed by atoms with Gasteiger partial charge in [-0.3, -0.25) is 0 Å². The molecule has 1 heteroatoms. The summed E-state index contributed by atoms with van der Waals surface area (Å²) in [5.41, 5.74) is 0.470. The van der Waals surface area contributed by atoms with E-state index in [2.05, 4.69) is 27.7 Å². The van der Waals surface area contributed by atoms with Crippen molar-refractivity contribution in [3.8, 4) is 0 Å². The highest BCUT2D eigenvalue weighted by Crippen LogP contribution is 2.31. The second-order valence-electron chi connectivity index (χ2n) is 5.01. The van der Waals surface area contributed by atoms with Crippen LogP contribution in [-0.2, 0) is 4.74 Å². The maximum Gasteiger partial charge on any atom is 0.0550 e. The summed E-state index contributed by atoms with van der Waals surface area (Å²) in [6, 6.07) is 0. The highest BCUT2D eigenvalue weighted by atomic mass is 16.5. The Kier molecular flexibility index (Phi) is 2.58. The maximum atomic E-state index is 5.51. The monoisotopic (exact) mass is 156 g/mol. The van der Waals surface area contributed by atoms with Gasteiger partial charge in [-0.1, -0.05) is 20.8 Å². The van der Waals surface area contributed by atoms with Gasteiger partial charge in [0.25, 0.3) is 0 Å². The first kappa shape index (κ1) is 9.05. The average Bonchev–Trinajstić information content (AvgIpc) is 2.10. The zero-order chi connectivity index (χ0) is 8.48. The average molecular weight is 156 g/mol. The lowest BCUT2D eigenvalue weighted by atomic mass is 9.84. The van der Waals surface area contributed by atoms with Crippen LogP contribution < -0.4 is 0 Å². The normalized spacial score (nSPS) is 32.7. The zero-order valence-electron chi connectivity index (χ0n) is 8.18. The summed E-state index contributed by atoms with van der Waals surface area (Å²) in [5.74, 6) is 0.810. The van der Waals surface area contributed by atoms with Gasteiger partial charge in [0.15, 0.2) is 0 Å². The second kappa shape index (κ2) is 3.14. The molecule has 0 N–H and O–H groups in total. The summed E-state index contributed by atoms with van der Waals surface area (Å²) in [4.78, 5) is 0. The molecule has 1 rings (SSSR count). The van der Waals surface area contributed by atoms with Crippen LogP contribution in [0, 0.1) is 11.3 Å². The summed E-state index contributed by atoms with van der Waals surface area (Å²) in [6.45, 7) is 10.1. The largest absolute Gasteiger partial charge is 0.378 e. The van der Waals surface area contributed by atoms with Gasteiger partial charge in [0, 0.05) is 6.61 Å². The molecule has 1 saturated heterocycles. The van der Waals surface area contributed by atoms with Gasteiger partial charge in [-0.2, -0.15) is 0 Å². The van der Waals surface area contributed by atoms with Crippen molar-refractivity contribution in [2.45, 2.75) is 46.6 Å². The standard InChI is InChI=1S/C10H20O/c1-8-5-9(7-11-8)6-10(2,3)4/h8-9H,5-7H2,1-4H3/t8-,9+/m1/s1. The van der Waals surface area contributed by atoms with E-state index >= 15 is 0 Å². The molecule has 66 valence electrons. The number of hydrogen-bond donors (Lipinski definition) is 0. The molecule has 0 unspecified atom stereocenters. The Labute approximate surface area is 70.1 Å². The van der Waals surface area contributed by atoms with Crippen molar-refractivity contribution in [3.05, 3.63) is 0 Å². The number of rotatable bonds is 1. The molecule has 0 amide bonds. The Hall–Kier alpha value is -0.0400. The second-order valence-corrected chi connectivity index (χ2v) is 5.01. The molecule has 1 fully saturated rings. The van der Waals surface area contributed by atoms with Gasteiger partial charge in [0.1, 0.15) is 0 Å². The van der Waals surface area contributed by atoms with Crippen LogP contribution >= 0.6 is 0 Å². The highest BCUT2D eigenvalue weighted by molar-refractivity contribution is 4.75. The number of hydrogen-bond acceptors (Lipinski definition) is 1. The van der Waals surface area contributed by atoms with Crippen LogP contribution in [0.1, 0.15) is 40.5 Å². The third kappa shape index (κ3) is 3.24. The highest BCUT2D eigenvalue weighted by Gasteiger charge is 2.26. The molecule has 0 aromatic rings. The summed E-state index contributed by atoms with van der Waals surface area (Å²) in [5, 5.41) is 0. The fraction of sp³-hybridized carbons (Fsp3) is 1.00. The Morgan fingerprint density at radius 3 is 2.36 bits per heavy atom. The van der Waals surface area contributed by atoms with Gasteiger partial charge >= 0.3 is 0 Å². The molecular weight excluding hydrogens is 136 g/mol. The van der Waals surface area contributed by atoms with Crippen LogP contribution in [0.2, 0.25) is 0 Å².